The molecular formula is C9H12N2O. The monoisotopic (exact) mass is 164 g/mol. The second-order valence-electron chi connectivity index (χ2n) is 2.65. The van der Waals surface area contributed by atoms with Gasteiger partial charge < -0.3 is 5.73 Å². The van der Waals surface area contributed by atoms with Crippen LogP contribution in [-0.2, 0) is 6.42 Å². The lowest BCUT2D eigenvalue weighted by molar-refractivity contribution is 0.0999. The third-order valence-electron chi connectivity index (χ3n) is 1.69. The lowest BCUT2D eigenvalue weighted by Gasteiger charge is -2.02. The molecule has 0 radical (unpaired) electrons. The van der Waals surface area contributed by atoms with Gasteiger partial charge in [-0.1, -0.05) is 13.3 Å². The van der Waals surface area contributed by atoms with Crippen molar-refractivity contribution >= 4 is 5.91 Å². The van der Waals surface area contributed by atoms with Crippen molar-refractivity contribution in [2.24, 2.45) is 5.73 Å². The van der Waals surface area contributed by atoms with Gasteiger partial charge in [-0.05, 0) is 18.1 Å². The quantitative estimate of drug-likeness (QED) is 0.728. The number of primary amides is 1. The van der Waals surface area contributed by atoms with E-state index in [1.165, 1.54) is 0 Å². The molecule has 0 aliphatic heterocycles. The van der Waals surface area contributed by atoms with Crippen molar-refractivity contribution in [2.45, 2.75) is 19.8 Å². The number of aryl methyl sites for hydroxylation is 1. The number of rotatable bonds is 3. The van der Waals surface area contributed by atoms with E-state index in [4.69, 9.17) is 5.73 Å². The Morgan fingerprint density at radius 2 is 2.42 bits per heavy atom. The van der Waals surface area contributed by atoms with E-state index in [1.807, 2.05) is 0 Å². The highest BCUT2D eigenvalue weighted by Gasteiger charge is 2.05. The van der Waals surface area contributed by atoms with Crippen LogP contribution >= 0.6 is 0 Å². The van der Waals surface area contributed by atoms with Crippen LogP contribution in [0.2, 0.25) is 0 Å². The Kier molecular flexibility index (Phi) is 2.80. The molecule has 3 heteroatoms. The molecule has 0 unspecified atom stereocenters. The summed E-state index contributed by atoms with van der Waals surface area (Å²) in [6.45, 7) is 2.05. The van der Waals surface area contributed by atoms with Gasteiger partial charge in [0.25, 0.3) is 0 Å². The number of nitrogens with two attached hydrogens (primary N) is 1. The molecule has 3 nitrogen and oxygen atoms in total. The van der Waals surface area contributed by atoms with Gasteiger partial charge in [-0.3, -0.25) is 9.78 Å². The summed E-state index contributed by atoms with van der Waals surface area (Å²) in [4.78, 5) is 14.8. The first-order valence-corrected chi connectivity index (χ1v) is 3.98. The molecule has 1 heterocycles. The van der Waals surface area contributed by atoms with Crippen LogP contribution in [0.3, 0.4) is 0 Å². The molecule has 0 aliphatic rings. The van der Waals surface area contributed by atoms with E-state index in [0.29, 0.717) is 5.56 Å². The fourth-order valence-corrected chi connectivity index (χ4v) is 1.14. The molecule has 0 saturated heterocycles. The maximum Gasteiger partial charge on any atom is 0.249 e. The number of aromatic nitrogens is 1. The summed E-state index contributed by atoms with van der Waals surface area (Å²) < 4.78 is 0. The SMILES string of the molecule is CCCc1cnccc1C(N)=O. The summed E-state index contributed by atoms with van der Waals surface area (Å²) in [5, 5.41) is 0. The Hall–Kier alpha value is -1.38. The molecule has 1 rings (SSSR count). The van der Waals surface area contributed by atoms with Gasteiger partial charge in [0.15, 0.2) is 0 Å². The van der Waals surface area contributed by atoms with Gasteiger partial charge in [-0.2, -0.15) is 0 Å². The lowest BCUT2D eigenvalue weighted by atomic mass is 10.1. The number of carbonyl (C=O) groups is 1. The Bertz CT molecular complexity index is 284. The van der Waals surface area contributed by atoms with Gasteiger partial charge in [-0.15, -0.1) is 0 Å². The van der Waals surface area contributed by atoms with E-state index < -0.39 is 0 Å². The largest absolute Gasteiger partial charge is 0.366 e. The van der Waals surface area contributed by atoms with Crippen LogP contribution in [0, 0.1) is 0 Å². The zero-order valence-electron chi connectivity index (χ0n) is 7.08. The summed E-state index contributed by atoms with van der Waals surface area (Å²) >= 11 is 0. The number of hydrogen-bond donors (Lipinski definition) is 1. The summed E-state index contributed by atoms with van der Waals surface area (Å²) in [6.07, 6.45) is 5.13. The number of pyridine rings is 1. The van der Waals surface area contributed by atoms with Crippen molar-refractivity contribution in [1.29, 1.82) is 0 Å². The minimum Gasteiger partial charge on any atom is -0.366 e. The Labute approximate surface area is 71.6 Å². The molecule has 0 aromatic carbocycles. The third kappa shape index (κ3) is 1.81. The molecule has 0 aliphatic carbocycles. The van der Waals surface area contributed by atoms with E-state index in [1.54, 1.807) is 18.5 Å². The molecule has 64 valence electrons. The van der Waals surface area contributed by atoms with E-state index in [2.05, 4.69) is 11.9 Å². The molecule has 0 fully saturated rings. The maximum atomic E-state index is 10.9. The van der Waals surface area contributed by atoms with Gasteiger partial charge in [0.2, 0.25) is 5.91 Å². The van der Waals surface area contributed by atoms with Crippen molar-refractivity contribution in [3.05, 3.63) is 29.6 Å². The number of nitrogens with zero attached hydrogens (tertiary/aromatic N) is 1. The normalized spacial score (nSPS) is 9.75. The van der Waals surface area contributed by atoms with Gasteiger partial charge in [0.1, 0.15) is 0 Å². The van der Waals surface area contributed by atoms with Crippen LogP contribution in [-0.4, -0.2) is 10.9 Å². The molecule has 12 heavy (non-hydrogen) atoms. The first-order chi connectivity index (χ1) is 5.75. The van der Waals surface area contributed by atoms with Crippen LogP contribution < -0.4 is 5.73 Å². The van der Waals surface area contributed by atoms with Crippen molar-refractivity contribution in [2.75, 3.05) is 0 Å². The highest BCUT2D eigenvalue weighted by molar-refractivity contribution is 5.94. The average molecular weight is 164 g/mol. The van der Waals surface area contributed by atoms with E-state index in [9.17, 15) is 4.79 Å². The topological polar surface area (TPSA) is 56.0 Å². The first kappa shape index (κ1) is 8.71. The molecule has 1 aromatic heterocycles. The second kappa shape index (κ2) is 3.85. The Morgan fingerprint density at radius 3 is 3.00 bits per heavy atom. The zero-order chi connectivity index (χ0) is 8.97. The van der Waals surface area contributed by atoms with Crippen molar-refractivity contribution in [1.82, 2.24) is 4.98 Å². The van der Waals surface area contributed by atoms with E-state index in [-0.39, 0.29) is 5.91 Å². The standard InChI is InChI=1S/C9H12N2O/c1-2-3-7-6-11-5-4-8(7)9(10)12/h4-6H,2-3H2,1H3,(H2,10,12). The Morgan fingerprint density at radius 1 is 1.67 bits per heavy atom. The van der Waals surface area contributed by atoms with Crippen LogP contribution in [0.5, 0.6) is 0 Å². The summed E-state index contributed by atoms with van der Waals surface area (Å²) in [7, 11) is 0. The average Bonchev–Trinajstić information content (AvgIpc) is 2.05. The molecule has 1 aromatic rings. The molecular weight excluding hydrogens is 152 g/mol. The molecule has 0 spiro atoms. The zero-order valence-corrected chi connectivity index (χ0v) is 7.08. The van der Waals surface area contributed by atoms with Crippen LogP contribution in [0.4, 0.5) is 0 Å². The predicted octanol–water partition coefficient (Wildman–Crippen LogP) is 1.13. The van der Waals surface area contributed by atoms with Gasteiger partial charge in [0.05, 0.1) is 0 Å². The molecule has 0 saturated carbocycles. The third-order valence-corrected chi connectivity index (χ3v) is 1.69. The van der Waals surface area contributed by atoms with E-state index in [0.717, 1.165) is 18.4 Å². The summed E-state index contributed by atoms with van der Waals surface area (Å²) in [5.74, 6) is -0.374. The van der Waals surface area contributed by atoms with Crippen LogP contribution in [0.25, 0.3) is 0 Å². The molecule has 0 bridgehead atoms. The fraction of sp³-hybridized carbons (Fsp3) is 0.333. The van der Waals surface area contributed by atoms with E-state index >= 15 is 0 Å². The molecule has 2 N–H and O–H groups in total. The Balaban J connectivity index is 3.00. The van der Waals surface area contributed by atoms with Crippen molar-refractivity contribution in [3.63, 3.8) is 0 Å². The van der Waals surface area contributed by atoms with Gasteiger partial charge in [-0.25, -0.2) is 0 Å². The maximum absolute atomic E-state index is 10.9. The van der Waals surface area contributed by atoms with Gasteiger partial charge in [0, 0.05) is 18.0 Å². The number of amides is 1. The molecule has 0 atom stereocenters. The highest BCUT2D eigenvalue weighted by Crippen LogP contribution is 2.07. The lowest BCUT2D eigenvalue weighted by Crippen LogP contribution is -2.13. The number of carbonyl (C=O) groups excluding carboxylic acids is 1. The molecule has 1 amide bonds. The first-order valence-electron chi connectivity index (χ1n) is 3.98. The predicted molar refractivity (Wildman–Crippen MR) is 46.7 cm³/mol. The summed E-state index contributed by atoms with van der Waals surface area (Å²) in [5.41, 5.74) is 6.71. The summed E-state index contributed by atoms with van der Waals surface area (Å²) in [6, 6.07) is 1.66. The minimum absolute atomic E-state index is 0.374. The van der Waals surface area contributed by atoms with Crippen molar-refractivity contribution < 1.29 is 4.79 Å². The van der Waals surface area contributed by atoms with Crippen molar-refractivity contribution in [3.8, 4) is 0 Å². The second-order valence-corrected chi connectivity index (χ2v) is 2.65. The van der Waals surface area contributed by atoms with Gasteiger partial charge >= 0.3 is 0 Å². The van der Waals surface area contributed by atoms with Crippen LogP contribution in [0.15, 0.2) is 18.5 Å². The fourth-order valence-electron chi connectivity index (χ4n) is 1.14. The smallest absolute Gasteiger partial charge is 0.249 e. The highest BCUT2D eigenvalue weighted by atomic mass is 16.1. The van der Waals surface area contributed by atoms with Crippen LogP contribution in [0.1, 0.15) is 29.3 Å². The minimum atomic E-state index is -0.374. The number of hydrogen-bond acceptors (Lipinski definition) is 2.